The van der Waals surface area contributed by atoms with Crippen LogP contribution in [-0.2, 0) is 6.42 Å². The normalized spacial score (nSPS) is 13.0. The zero-order valence-corrected chi connectivity index (χ0v) is 13.6. The molecule has 0 bridgehead atoms. The lowest BCUT2D eigenvalue weighted by molar-refractivity contribution is 0.252. The SMILES string of the molecule is Cc1n[nH]c(C)c1NC(=O)NCCCN1CCc2ccccc21. The van der Waals surface area contributed by atoms with Gasteiger partial charge >= 0.3 is 6.03 Å². The van der Waals surface area contributed by atoms with Crippen molar-refractivity contribution in [3.05, 3.63) is 41.2 Å². The first kappa shape index (κ1) is 15.4. The van der Waals surface area contributed by atoms with Crippen LogP contribution in [0.4, 0.5) is 16.2 Å². The Morgan fingerprint density at radius 3 is 2.96 bits per heavy atom. The molecule has 2 heterocycles. The molecule has 23 heavy (non-hydrogen) atoms. The minimum absolute atomic E-state index is 0.181. The molecule has 3 rings (SSSR count). The van der Waals surface area contributed by atoms with Gasteiger partial charge in [-0.1, -0.05) is 18.2 Å². The Hall–Kier alpha value is -2.50. The van der Waals surface area contributed by atoms with Crippen molar-refractivity contribution in [1.29, 1.82) is 0 Å². The van der Waals surface area contributed by atoms with Crippen molar-refractivity contribution < 1.29 is 4.79 Å². The van der Waals surface area contributed by atoms with E-state index in [2.05, 4.69) is 50.0 Å². The summed E-state index contributed by atoms with van der Waals surface area (Å²) in [6, 6.07) is 8.36. The van der Waals surface area contributed by atoms with Gasteiger partial charge < -0.3 is 15.5 Å². The average Bonchev–Trinajstić information content (AvgIpc) is 3.10. The average molecular weight is 313 g/mol. The maximum absolute atomic E-state index is 11.9. The van der Waals surface area contributed by atoms with E-state index in [0.717, 1.165) is 43.0 Å². The van der Waals surface area contributed by atoms with Crippen LogP contribution in [0.1, 0.15) is 23.4 Å². The molecule has 1 aromatic carbocycles. The van der Waals surface area contributed by atoms with Crippen LogP contribution in [-0.4, -0.2) is 35.9 Å². The van der Waals surface area contributed by atoms with E-state index in [4.69, 9.17) is 0 Å². The van der Waals surface area contributed by atoms with Crippen molar-refractivity contribution in [3.8, 4) is 0 Å². The molecule has 0 unspecified atom stereocenters. The predicted molar refractivity (Wildman–Crippen MR) is 92.1 cm³/mol. The summed E-state index contributed by atoms with van der Waals surface area (Å²) >= 11 is 0. The second-order valence-corrected chi connectivity index (χ2v) is 5.91. The Labute approximate surface area is 136 Å². The lowest BCUT2D eigenvalue weighted by Gasteiger charge is -2.19. The van der Waals surface area contributed by atoms with Crippen LogP contribution in [0.3, 0.4) is 0 Å². The molecule has 0 atom stereocenters. The van der Waals surface area contributed by atoms with Crippen LogP contribution < -0.4 is 15.5 Å². The van der Waals surface area contributed by atoms with E-state index in [1.54, 1.807) is 0 Å². The number of hydrogen-bond acceptors (Lipinski definition) is 3. The van der Waals surface area contributed by atoms with E-state index in [1.807, 2.05) is 13.8 Å². The van der Waals surface area contributed by atoms with Crippen LogP contribution in [0.2, 0.25) is 0 Å². The zero-order chi connectivity index (χ0) is 16.2. The summed E-state index contributed by atoms with van der Waals surface area (Å²) in [5.41, 5.74) is 5.18. The van der Waals surface area contributed by atoms with Crippen LogP contribution in [0.15, 0.2) is 24.3 Å². The summed E-state index contributed by atoms with van der Waals surface area (Å²) in [6.07, 6.45) is 2.04. The van der Waals surface area contributed by atoms with Crippen LogP contribution in [0, 0.1) is 13.8 Å². The smallest absolute Gasteiger partial charge is 0.319 e. The standard InChI is InChI=1S/C17H23N5O/c1-12-16(13(2)21-20-12)19-17(23)18-9-5-10-22-11-8-14-6-3-4-7-15(14)22/h3-4,6-7H,5,8-11H2,1-2H3,(H,20,21)(H2,18,19,23). The van der Waals surface area contributed by atoms with E-state index < -0.39 is 0 Å². The molecule has 1 aromatic heterocycles. The van der Waals surface area contributed by atoms with Gasteiger partial charge in [0.05, 0.1) is 17.1 Å². The van der Waals surface area contributed by atoms with Crippen molar-refractivity contribution in [2.24, 2.45) is 0 Å². The molecule has 1 aliphatic rings. The van der Waals surface area contributed by atoms with Gasteiger partial charge in [-0.15, -0.1) is 0 Å². The Balaban J connectivity index is 1.41. The van der Waals surface area contributed by atoms with Gasteiger partial charge in [0.1, 0.15) is 0 Å². The molecule has 3 N–H and O–H groups in total. The van der Waals surface area contributed by atoms with Crippen molar-refractivity contribution in [3.63, 3.8) is 0 Å². The number of aromatic amines is 1. The number of para-hydroxylation sites is 1. The minimum Gasteiger partial charge on any atom is -0.371 e. The molecule has 0 spiro atoms. The number of hydrogen-bond donors (Lipinski definition) is 3. The molecule has 1 aliphatic heterocycles. The molecule has 6 heteroatoms. The van der Waals surface area contributed by atoms with E-state index in [1.165, 1.54) is 11.3 Å². The molecule has 0 saturated carbocycles. The van der Waals surface area contributed by atoms with Crippen molar-refractivity contribution in [2.75, 3.05) is 29.9 Å². The molecular weight excluding hydrogens is 290 g/mol. The summed E-state index contributed by atoms with van der Waals surface area (Å²) in [5.74, 6) is 0. The topological polar surface area (TPSA) is 73.0 Å². The van der Waals surface area contributed by atoms with E-state index in [9.17, 15) is 4.79 Å². The Bertz CT molecular complexity index is 675. The van der Waals surface area contributed by atoms with Gasteiger partial charge in [-0.2, -0.15) is 5.10 Å². The second kappa shape index (κ2) is 6.73. The number of urea groups is 1. The number of rotatable bonds is 5. The number of aromatic nitrogens is 2. The third-order valence-electron chi connectivity index (χ3n) is 4.24. The monoisotopic (exact) mass is 313 g/mol. The molecule has 2 amide bonds. The predicted octanol–water partition coefficient (Wildman–Crippen LogP) is 2.60. The maximum atomic E-state index is 11.9. The highest BCUT2D eigenvalue weighted by molar-refractivity contribution is 5.90. The Kier molecular flexibility index (Phi) is 4.50. The first-order valence-electron chi connectivity index (χ1n) is 8.04. The molecular formula is C17H23N5O. The highest BCUT2D eigenvalue weighted by Crippen LogP contribution is 2.27. The van der Waals surface area contributed by atoms with Gasteiger partial charge in [0.2, 0.25) is 0 Å². The highest BCUT2D eigenvalue weighted by Gasteiger charge is 2.17. The van der Waals surface area contributed by atoms with E-state index in [0.29, 0.717) is 6.54 Å². The lowest BCUT2D eigenvalue weighted by Crippen LogP contribution is -2.32. The minimum atomic E-state index is -0.181. The van der Waals surface area contributed by atoms with Crippen molar-refractivity contribution in [2.45, 2.75) is 26.7 Å². The van der Waals surface area contributed by atoms with Gasteiger partial charge in [0.15, 0.2) is 0 Å². The number of carbonyl (C=O) groups excluding carboxylic acids is 1. The van der Waals surface area contributed by atoms with Gasteiger partial charge in [-0.25, -0.2) is 4.79 Å². The van der Waals surface area contributed by atoms with Crippen LogP contribution in [0.5, 0.6) is 0 Å². The first-order chi connectivity index (χ1) is 11.1. The molecule has 0 aliphatic carbocycles. The number of carbonyl (C=O) groups is 1. The van der Waals surface area contributed by atoms with Gasteiger partial charge in [0, 0.05) is 25.3 Å². The second-order valence-electron chi connectivity index (χ2n) is 5.91. The lowest BCUT2D eigenvalue weighted by atomic mass is 10.2. The molecule has 0 fully saturated rings. The van der Waals surface area contributed by atoms with Crippen LogP contribution >= 0.6 is 0 Å². The fourth-order valence-corrected chi connectivity index (χ4v) is 3.00. The number of nitrogens with one attached hydrogen (secondary N) is 3. The van der Waals surface area contributed by atoms with Gasteiger partial charge in [0.25, 0.3) is 0 Å². The quantitative estimate of drug-likeness (QED) is 0.743. The Morgan fingerprint density at radius 1 is 1.35 bits per heavy atom. The third kappa shape index (κ3) is 3.47. The number of H-pyrrole nitrogens is 1. The fourth-order valence-electron chi connectivity index (χ4n) is 3.00. The first-order valence-corrected chi connectivity index (χ1v) is 8.04. The van der Waals surface area contributed by atoms with E-state index >= 15 is 0 Å². The summed E-state index contributed by atoms with van der Waals surface area (Å²) in [5, 5.41) is 12.7. The molecule has 2 aromatic rings. The number of aryl methyl sites for hydroxylation is 2. The number of fused-ring (bicyclic) bond motifs is 1. The van der Waals surface area contributed by atoms with Crippen LogP contribution in [0.25, 0.3) is 0 Å². The van der Waals surface area contributed by atoms with Gasteiger partial charge in [-0.05, 0) is 38.3 Å². The summed E-state index contributed by atoms with van der Waals surface area (Å²) in [4.78, 5) is 14.3. The summed E-state index contributed by atoms with van der Waals surface area (Å²) in [7, 11) is 0. The molecule has 0 saturated heterocycles. The largest absolute Gasteiger partial charge is 0.371 e. The van der Waals surface area contributed by atoms with Gasteiger partial charge in [-0.3, -0.25) is 5.10 Å². The maximum Gasteiger partial charge on any atom is 0.319 e. The number of anilines is 2. The highest BCUT2D eigenvalue weighted by atomic mass is 16.2. The van der Waals surface area contributed by atoms with Crippen molar-refractivity contribution >= 4 is 17.4 Å². The summed E-state index contributed by atoms with van der Waals surface area (Å²) < 4.78 is 0. The fraction of sp³-hybridized carbons (Fsp3) is 0.412. The molecule has 6 nitrogen and oxygen atoms in total. The van der Waals surface area contributed by atoms with Crippen molar-refractivity contribution in [1.82, 2.24) is 15.5 Å². The number of amides is 2. The number of nitrogens with zero attached hydrogens (tertiary/aromatic N) is 2. The summed E-state index contributed by atoms with van der Waals surface area (Å²) in [6.45, 7) is 6.44. The zero-order valence-electron chi connectivity index (χ0n) is 13.6. The molecule has 0 radical (unpaired) electrons. The third-order valence-corrected chi connectivity index (χ3v) is 4.24. The molecule has 122 valence electrons. The van der Waals surface area contributed by atoms with E-state index in [-0.39, 0.29) is 6.03 Å². The number of benzene rings is 1. The Morgan fingerprint density at radius 2 is 2.17 bits per heavy atom.